The predicted molar refractivity (Wildman–Crippen MR) is 108 cm³/mol. The number of fused-ring (bicyclic) bond motifs is 1. The third-order valence-electron chi connectivity index (χ3n) is 4.95. The Morgan fingerprint density at radius 1 is 1.00 bits per heavy atom. The van der Waals surface area contributed by atoms with E-state index < -0.39 is 30.3 Å². The van der Waals surface area contributed by atoms with Crippen LogP contribution in [0.3, 0.4) is 0 Å². The number of amides is 5. The highest BCUT2D eigenvalue weighted by Gasteiger charge is 2.47. The summed E-state index contributed by atoms with van der Waals surface area (Å²) in [5.74, 6) is -1.28. The lowest BCUT2D eigenvalue weighted by Crippen LogP contribution is -2.44. The largest absolute Gasteiger partial charge is 0.490 e. The molecule has 1 fully saturated rings. The summed E-state index contributed by atoms with van der Waals surface area (Å²) in [6, 6.07) is 4.08. The molecule has 1 aromatic rings. The van der Waals surface area contributed by atoms with E-state index in [1.54, 1.807) is 18.2 Å². The molecular formula is C21H25N3O6. The van der Waals surface area contributed by atoms with Gasteiger partial charge < -0.3 is 14.8 Å². The summed E-state index contributed by atoms with van der Waals surface area (Å²) in [5.41, 5.74) is 0.401. The van der Waals surface area contributed by atoms with Crippen molar-refractivity contribution in [1.82, 2.24) is 10.2 Å². The van der Waals surface area contributed by atoms with E-state index in [4.69, 9.17) is 9.47 Å². The molecule has 2 N–H and O–H groups in total. The number of nitrogens with one attached hydrogen (secondary N) is 2. The Morgan fingerprint density at radius 2 is 1.60 bits per heavy atom. The number of benzene rings is 1. The Balaban J connectivity index is 1.57. The Kier molecular flexibility index (Phi) is 6.71. The number of carbonyl (C=O) groups excluding carboxylic acids is 4. The van der Waals surface area contributed by atoms with E-state index in [1.807, 2.05) is 26.0 Å². The molecule has 0 saturated carbocycles. The summed E-state index contributed by atoms with van der Waals surface area (Å²) < 4.78 is 11.0. The molecule has 30 heavy (non-hydrogen) atoms. The molecule has 0 radical (unpaired) electrons. The van der Waals surface area contributed by atoms with Crippen LogP contribution in [0.4, 0.5) is 10.5 Å². The van der Waals surface area contributed by atoms with Crippen molar-refractivity contribution in [2.45, 2.75) is 26.7 Å². The number of allylic oxidation sites excluding steroid dienone is 2. The fraction of sp³-hybridized carbons (Fsp3) is 0.429. The highest BCUT2D eigenvalue weighted by atomic mass is 16.5. The average molecular weight is 415 g/mol. The van der Waals surface area contributed by atoms with Gasteiger partial charge in [0.1, 0.15) is 6.54 Å². The lowest BCUT2D eigenvalue weighted by Gasteiger charge is -2.15. The van der Waals surface area contributed by atoms with E-state index in [2.05, 4.69) is 10.6 Å². The molecular weight excluding hydrogens is 390 g/mol. The number of urea groups is 1. The van der Waals surface area contributed by atoms with Gasteiger partial charge in [-0.1, -0.05) is 12.2 Å². The lowest BCUT2D eigenvalue weighted by molar-refractivity contribution is -0.143. The van der Waals surface area contributed by atoms with Gasteiger partial charge in [-0.25, -0.2) is 4.79 Å². The van der Waals surface area contributed by atoms with E-state index in [9.17, 15) is 19.2 Å². The second kappa shape index (κ2) is 9.43. The number of nitrogens with zero attached hydrogens (tertiary/aromatic N) is 1. The van der Waals surface area contributed by atoms with Gasteiger partial charge in [-0.15, -0.1) is 0 Å². The Hall–Kier alpha value is -3.36. The smallest absolute Gasteiger partial charge is 0.325 e. The van der Waals surface area contributed by atoms with E-state index in [0.29, 0.717) is 43.2 Å². The molecule has 9 heteroatoms. The van der Waals surface area contributed by atoms with Crippen molar-refractivity contribution >= 4 is 29.4 Å². The number of hydrogen-bond donors (Lipinski definition) is 2. The van der Waals surface area contributed by atoms with Crippen LogP contribution in [0, 0.1) is 11.8 Å². The first kappa shape index (κ1) is 21.4. The minimum atomic E-state index is -0.773. The SMILES string of the molecule is CCOc1ccc(NC(=O)NC(=O)CN2C(=O)[C@H]3CC=CC[C@@H]3C2=O)cc1OCC. The quantitative estimate of drug-likeness (QED) is 0.521. The zero-order valence-corrected chi connectivity index (χ0v) is 17.0. The van der Waals surface area contributed by atoms with E-state index in [-0.39, 0.29) is 11.8 Å². The van der Waals surface area contributed by atoms with Gasteiger partial charge in [-0.05, 0) is 38.8 Å². The third-order valence-corrected chi connectivity index (χ3v) is 4.95. The van der Waals surface area contributed by atoms with Crippen LogP contribution >= 0.6 is 0 Å². The average Bonchev–Trinajstić information content (AvgIpc) is 2.95. The van der Waals surface area contributed by atoms with E-state index >= 15 is 0 Å². The van der Waals surface area contributed by atoms with E-state index in [1.165, 1.54) is 0 Å². The van der Waals surface area contributed by atoms with Crippen molar-refractivity contribution in [3.63, 3.8) is 0 Å². The molecule has 0 bridgehead atoms. The van der Waals surface area contributed by atoms with Crippen LogP contribution in [-0.4, -0.2) is 48.4 Å². The standard InChI is InChI=1S/C21H25N3O6/c1-3-29-16-10-9-13(11-17(16)30-4-2)22-21(28)23-18(25)12-24-19(26)14-7-5-6-8-15(14)20(24)27/h5-6,9-11,14-15H,3-4,7-8,12H2,1-2H3,(H2,22,23,25,28)/t14-,15-/m0/s1. The molecule has 1 saturated heterocycles. The first-order valence-corrected chi connectivity index (χ1v) is 9.95. The molecule has 1 heterocycles. The highest BCUT2D eigenvalue weighted by molar-refractivity contribution is 6.09. The molecule has 2 atom stereocenters. The fourth-order valence-corrected chi connectivity index (χ4v) is 3.63. The predicted octanol–water partition coefficient (Wildman–Crippen LogP) is 2.08. The van der Waals surface area contributed by atoms with Crippen molar-refractivity contribution in [2.75, 3.05) is 25.1 Å². The highest BCUT2D eigenvalue weighted by Crippen LogP contribution is 2.35. The summed E-state index contributed by atoms with van der Waals surface area (Å²) in [7, 11) is 0. The molecule has 0 unspecified atom stereocenters. The van der Waals surface area contributed by atoms with Crippen LogP contribution in [0.15, 0.2) is 30.4 Å². The minimum absolute atomic E-state index is 0.363. The van der Waals surface area contributed by atoms with Gasteiger partial charge in [0, 0.05) is 11.8 Å². The zero-order chi connectivity index (χ0) is 21.7. The second-order valence-electron chi connectivity index (χ2n) is 6.95. The summed E-state index contributed by atoms with van der Waals surface area (Å²) in [5, 5.41) is 4.68. The number of hydrogen-bond acceptors (Lipinski definition) is 6. The Morgan fingerprint density at radius 3 is 2.20 bits per heavy atom. The number of carbonyl (C=O) groups is 4. The van der Waals surface area contributed by atoms with Gasteiger partial charge in [0.05, 0.1) is 25.0 Å². The Labute approximate surface area is 174 Å². The molecule has 2 aliphatic rings. The first-order valence-electron chi connectivity index (χ1n) is 9.95. The second-order valence-corrected chi connectivity index (χ2v) is 6.95. The van der Waals surface area contributed by atoms with E-state index in [0.717, 1.165) is 4.90 Å². The molecule has 9 nitrogen and oxygen atoms in total. The molecule has 1 aromatic carbocycles. The maximum Gasteiger partial charge on any atom is 0.325 e. The molecule has 1 aliphatic carbocycles. The van der Waals surface area contributed by atoms with Gasteiger partial charge >= 0.3 is 6.03 Å². The number of likely N-dealkylation sites (tertiary alicyclic amines) is 1. The Bertz CT molecular complexity index is 855. The summed E-state index contributed by atoms with van der Waals surface area (Å²) in [4.78, 5) is 50.2. The van der Waals surface area contributed by atoms with Gasteiger partial charge in [-0.3, -0.25) is 24.6 Å². The van der Waals surface area contributed by atoms with Crippen LogP contribution in [0.5, 0.6) is 11.5 Å². The molecule has 3 rings (SSSR count). The van der Waals surface area contributed by atoms with Crippen LogP contribution in [-0.2, 0) is 14.4 Å². The normalized spacial score (nSPS) is 20.0. The minimum Gasteiger partial charge on any atom is -0.490 e. The number of imide groups is 2. The molecule has 0 aromatic heterocycles. The monoisotopic (exact) mass is 415 g/mol. The van der Waals surface area contributed by atoms with Crippen LogP contribution < -0.4 is 20.1 Å². The third kappa shape index (κ3) is 4.61. The molecule has 160 valence electrons. The summed E-state index contributed by atoms with van der Waals surface area (Å²) in [6.07, 6.45) is 4.73. The van der Waals surface area contributed by atoms with Gasteiger partial charge in [0.15, 0.2) is 11.5 Å². The van der Waals surface area contributed by atoms with Crippen molar-refractivity contribution in [1.29, 1.82) is 0 Å². The van der Waals surface area contributed by atoms with Crippen molar-refractivity contribution < 1.29 is 28.7 Å². The van der Waals surface area contributed by atoms with Gasteiger partial charge in [-0.2, -0.15) is 0 Å². The summed E-state index contributed by atoms with van der Waals surface area (Å²) in [6.45, 7) is 4.08. The number of ether oxygens (including phenoxy) is 2. The lowest BCUT2D eigenvalue weighted by atomic mass is 9.85. The first-order chi connectivity index (χ1) is 14.4. The fourth-order valence-electron chi connectivity index (χ4n) is 3.63. The number of rotatable bonds is 7. The van der Waals surface area contributed by atoms with Gasteiger partial charge in [0.25, 0.3) is 0 Å². The van der Waals surface area contributed by atoms with Crippen molar-refractivity contribution in [3.8, 4) is 11.5 Å². The van der Waals surface area contributed by atoms with Crippen LogP contribution in [0.2, 0.25) is 0 Å². The topological polar surface area (TPSA) is 114 Å². The maximum atomic E-state index is 12.4. The van der Waals surface area contributed by atoms with Crippen molar-refractivity contribution in [2.24, 2.45) is 11.8 Å². The van der Waals surface area contributed by atoms with Crippen LogP contribution in [0.25, 0.3) is 0 Å². The van der Waals surface area contributed by atoms with Gasteiger partial charge in [0.2, 0.25) is 17.7 Å². The molecule has 0 spiro atoms. The van der Waals surface area contributed by atoms with Crippen LogP contribution in [0.1, 0.15) is 26.7 Å². The molecule has 1 aliphatic heterocycles. The number of anilines is 1. The molecule has 5 amide bonds. The zero-order valence-electron chi connectivity index (χ0n) is 17.0. The maximum absolute atomic E-state index is 12.4. The van der Waals surface area contributed by atoms with Crippen molar-refractivity contribution in [3.05, 3.63) is 30.4 Å². The summed E-state index contributed by atoms with van der Waals surface area (Å²) >= 11 is 0.